The minimum Gasteiger partial charge on any atom is -0.495 e. The second-order valence-electron chi connectivity index (χ2n) is 5.11. The molecule has 112 valence electrons. The van der Waals surface area contributed by atoms with Crippen LogP contribution in [0.15, 0.2) is 30.4 Å². The molecule has 0 unspecified atom stereocenters. The largest absolute Gasteiger partial charge is 0.495 e. The molecule has 2 rings (SSSR count). The van der Waals surface area contributed by atoms with Crippen LogP contribution in [-0.2, 0) is 9.59 Å². The van der Waals surface area contributed by atoms with Crippen molar-refractivity contribution in [3.05, 3.63) is 30.4 Å². The lowest BCUT2D eigenvalue weighted by atomic mass is 10.0. The van der Waals surface area contributed by atoms with Crippen LogP contribution in [0.2, 0.25) is 0 Å². The Balaban J connectivity index is 2.07. The van der Waals surface area contributed by atoms with Gasteiger partial charge in [-0.15, -0.1) is 0 Å². The zero-order valence-corrected chi connectivity index (χ0v) is 12.3. The number of anilines is 2. The Morgan fingerprint density at radius 1 is 1.33 bits per heavy atom. The average molecular weight is 288 g/mol. The molecule has 1 aliphatic rings. The van der Waals surface area contributed by atoms with Crippen molar-refractivity contribution in [3.8, 4) is 5.75 Å². The number of carbonyl (C=O) groups excluding carboxylic acids is 2. The Bertz CT molecular complexity index is 567. The van der Waals surface area contributed by atoms with Gasteiger partial charge in [0.15, 0.2) is 0 Å². The number of ether oxygens (including phenoxy) is 1. The minimum atomic E-state index is -0.159. The van der Waals surface area contributed by atoms with Gasteiger partial charge in [-0.3, -0.25) is 9.59 Å². The highest BCUT2D eigenvalue weighted by atomic mass is 16.5. The first-order valence-corrected chi connectivity index (χ1v) is 7.00. The van der Waals surface area contributed by atoms with E-state index in [1.807, 2.05) is 0 Å². The topological polar surface area (TPSA) is 67.4 Å². The van der Waals surface area contributed by atoms with Crippen LogP contribution >= 0.6 is 0 Å². The zero-order valence-electron chi connectivity index (χ0n) is 12.3. The molecule has 0 heterocycles. The number of hydrogen-bond acceptors (Lipinski definition) is 3. The zero-order chi connectivity index (χ0) is 15.2. The van der Waals surface area contributed by atoms with Gasteiger partial charge in [0.1, 0.15) is 5.75 Å². The fourth-order valence-corrected chi connectivity index (χ4v) is 2.39. The average Bonchev–Trinajstić information content (AvgIpc) is 2.91. The van der Waals surface area contributed by atoms with E-state index in [2.05, 4.69) is 22.8 Å². The van der Waals surface area contributed by atoms with Crippen LogP contribution in [0.4, 0.5) is 11.4 Å². The lowest BCUT2D eigenvalue weighted by molar-refractivity contribution is -0.117. The first-order chi connectivity index (χ1) is 10.1. The van der Waals surface area contributed by atoms with Gasteiger partial charge in [-0.2, -0.15) is 0 Å². The first kappa shape index (κ1) is 15.1. The van der Waals surface area contributed by atoms with Crippen LogP contribution in [0.3, 0.4) is 0 Å². The smallest absolute Gasteiger partial charge is 0.225 e. The molecular formula is C16H20N2O3. The maximum atomic E-state index is 12.1. The number of nitrogens with one attached hydrogen (secondary N) is 2. The third-order valence-electron chi connectivity index (χ3n) is 3.35. The van der Waals surface area contributed by atoms with Gasteiger partial charge in [-0.1, -0.05) is 12.2 Å². The molecule has 1 aromatic carbocycles. The first-order valence-electron chi connectivity index (χ1n) is 7.00. The molecule has 1 aliphatic carbocycles. The van der Waals surface area contributed by atoms with E-state index in [4.69, 9.17) is 4.74 Å². The molecule has 5 heteroatoms. The van der Waals surface area contributed by atoms with Gasteiger partial charge in [0, 0.05) is 19.0 Å². The number of carbonyl (C=O) groups is 2. The summed E-state index contributed by atoms with van der Waals surface area (Å²) in [5.41, 5.74) is 1.19. The molecule has 2 amide bonds. The quantitative estimate of drug-likeness (QED) is 0.819. The second-order valence-corrected chi connectivity index (χ2v) is 5.11. The van der Waals surface area contributed by atoms with Crippen LogP contribution in [-0.4, -0.2) is 18.9 Å². The van der Waals surface area contributed by atoms with E-state index in [1.165, 1.54) is 6.92 Å². The van der Waals surface area contributed by atoms with Crippen molar-refractivity contribution in [1.82, 2.24) is 0 Å². The number of amides is 2. The Hall–Kier alpha value is -2.30. The fourth-order valence-electron chi connectivity index (χ4n) is 2.39. The van der Waals surface area contributed by atoms with Crippen molar-refractivity contribution in [1.29, 1.82) is 0 Å². The summed E-state index contributed by atoms with van der Waals surface area (Å²) in [5, 5.41) is 5.54. The SMILES string of the molecule is COc1ccc(NC(C)=O)cc1NC(=O)C[C@@H]1C=CCC1. The van der Waals surface area contributed by atoms with Crippen molar-refractivity contribution in [2.75, 3.05) is 17.7 Å². The van der Waals surface area contributed by atoms with E-state index in [0.717, 1.165) is 12.8 Å². The predicted octanol–water partition coefficient (Wildman–Crippen LogP) is 2.95. The van der Waals surface area contributed by atoms with E-state index >= 15 is 0 Å². The van der Waals surface area contributed by atoms with Gasteiger partial charge in [0.25, 0.3) is 0 Å². The van der Waals surface area contributed by atoms with Crippen molar-refractivity contribution < 1.29 is 14.3 Å². The number of rotatable bonds is 5. The molecule has 2 N–H and O–H groups in total. The van der Waals surface area contributed by atoms with Gasteiger partial charge >= 0.3 is 0 Å². The third-order valence-corrected chi connectivity index (χ3v) is 3.35. The van der Waals surface area contributed by atoms with Gasteiger partial charge < -0.3 is 15.4 Å². The number of allylic oxidation sites excluding steroid dienone is 2. The summed E-state index contributed by atoms with van der Waals surface area (Å²) >= 11 is 0. The molecule has 0 saturated heterocycles. The van der Waals surface area contributed by atoms with Crippen LogP contribution in [0, 0.1) is 5.92 Å². The van der Waals surface area contributed by atoms with Gasteiger partial charge in [-0.25, -0.2) is 0 Å². The number of methoxy groups -OCH3 is 1. The molecule has 1 atom stereocenters. The van der Waals surface area contributed by atoms with E-state index in [-0.39, 0.29) is 11.8 Å². The lowest BCUT2D eigenvalue weighted by Crippen LogP contribution is -2.16. The van der Waals surface area contributed by atoms with Gasteiger partial charge in [-0.05, 0) is 37.0 Å². The van der Waals surface area contributed by atoms with E-state index in [1.54, 1.807) is 25.3 Å². The summed E-state index contributed by atoms with van der Waals surface area (Å²) < 4.78 is 5.23. The molecule has 0 spiro atoms. The normalized spacial score (nSPS) is 16.6. The second kappa shape index (κ2) is 6.92. The molecule has 0 radical (unpaired) electrons. The van der Waals surface area contributed by atoms with Crippen LogP contribution in [0.5, 0.6) is 5.75 Å². The number of hydrogen-bond donors (Lipinski definition) is 2. The van der Waals surface area contributed by atoms with Crippen molar-refractivity contribution in [3.63, 3.8) is 0 Å². The minimum absolute atomic E-state index is 0.0511. The van der Waals surface area contributed by atoms with Crippen LogP contribution in [0.1, 0.15) is 26.2 Å². The Labute approximate surface area is 124 Å². The predicted molar refractivity (Wildman–Crippen MR) is 82.4 cm³/mol. The van der Waals surface area contributed by atoms with Crippen molar-refractivity contribution >= 4 is 23.2 Å². The maximum absolute atomic E-state index is 12.1. The summed E-state index contributed by atoms with van der Waals surface area (Å²) in [6, 6.07) is 5.15. The molecular weight excluding hydrogens is 268 g/mol. The van der Waals surface area contributed by atoms with Gasteiger partial charge in [0.05, 0.1) is 12.8 Å². The number of benzene rings is 1. The molecule has 0 aromatic heterocycles. The molecule has 0 fully saturated rings. The van der Waals surface area contributed by atoms with Crippen LogP contribution in [0.25, 0.3) is 0 Å². The van der Waals surface area contributed by atoms with Crippen LogP contribution < -0.4 is 15.4 Å². The standard InChI is InChI=1S/C16H20N2O3/c1-11(19)17-13-7-8-15(21-2)14(10-13)18-16(20)9-12-5-3-4-6-12/h3,5,7-8,10,12H,4,6,9H2,1-2H3,(H,17,19)(H,18,20)/t12-/m1/s1. The van der Waals surface area contributed by atoms with E-state index in [9.17, 15) is 9.59 Å². The molecule has 21 heavy (non-hydrogen) atoms. The van der Waals surface area contributed by atoms with E-state index < -0.39 is 0 Å². The highest BCUT2D eigenvalue weighted by Gasteiger charge is 2.15. The Morgan fingerprint density at radius 2 is 2.14 bits per heavy atom. The summed E-state index contributed by atoms with van der Waals surface area (Å²) in [6.45, 7) is 1.44. The lowest BCUT2D eigenvalue weighted by Gasteiger charge is -2.13. The Morgan fingerprint density at radius 3 is 2.76 bits per heavy atom. The fraction of sp³-hybridized carbons (Fsp3) is 0.375. The van der Waals surface area contributed by atoms with E-state index in [0.29, 0.717) is 29.5 Å². The maximum Gasteiger partial charge on any atom is 0.225 e. The highest BCUT2D eigenvalue weighted by Crippen LogP contribution is 2.29. The van der Waals surface area contributed by atoms with Crippen molar-refractivity contribution in [2.45, 2.75) is 26.2 Å². The monoisotopic (exact) mass is 288 g/mol. The summed E-state index contributed by atoms with van der Waals surface area (Å²) in [4.78, 5) is 23.2. The molecule has 0 saturated carbocycles. The summed E-state index contributed by atoms with van der Waals surface area (Å²) in [5.74, 6) is 0.673. The molecule has 1 aromatic rings. The molecule has 5 nitrogen and oxygen atoms in total. The summed E-state index contributed by atoms with van der Waals surface area (Å²) in [7, 11) is 1.54. The Kier molecular flexibility index (Phi) is 4.98. The molecule has 0 bridgehead atoms. The summed E-state index contributed by atoms with van der Waals surface area (Å²) in [6.07, 6.45) is 6.72. The third kappa shape index (κ3) is 4.34. The van der Waals surface area contributed by atoms with Gasteiger partial charge in [0.2, 0.25) is 11.8 Å². The van der Waals surface area contributed by atoms with Crippen molar-refractivity contribution in [2.24, 2.45) is 5.92 Å². The molecule has 0 aliphatic heterocycles. The highest BCUT2D eigenvalue weighted by molar-refractivity contribution is 5.95.